The van der Waals surface area contributed by atoms with Crippen LogP contribution in [0, 0.1) is 0 Å². The van der Waals surface area contributed by atoms with Gasteiger partial charge >= 0.3 is 35.7 Å². The maximum Gasteiger partial charge on any atom is 0.320 e. The maximum absolute atomic E-state index is 9.48. The van der Waals surface area contributed by atoms with Gasteiger partial charge in [-0.05, 0) is 0 Å². The maximum atomic E-state index is 9.48. The second-order valence-electron chi connectivity index (χ2n) is 3.97. The number of H-pyrrole nitrogens is 2. The van der Waals surface area contributed by atoms with Gasteiger partial charge in [-0.3, -0.25) is 9.13 Å². The summed E-state index contributed by atoms with van der Waals surface area (Å²) < 4.78 is 21.7. The molecule has 16 N–H and O–H groups in total. The van der Waals surface area contributed by atoms with Crippen LogP contribution in [0.25, 0.3) is 0 Å². The van der Waals surface area contributed by atoms with Gasteiger partial charge in [0.1, 0.15) is 0 Å². The van der Waals surface area contributed by atoms with E-state index in [0.29, 0.717) is 0 Å². The summed E-state index contributed by atoms with van der Waals surface area (Å²) in [7, 11) is -10.7. The molecule has 2 aromatic heterocycles. The zero-order valence-electron chi connectivity index (χ0n) is 13.8. The van der Waals surface area contributed by atoms with Crippen molar-refractivity contribution in [3.63, 3.8) is 0 Å². The van der Waals surface area contributed by atoms with E-state index in [9.17, 15) is 18.9 Å². The van der Waals surface area contributed by atoms with Crippen molar-refractivity contribution in [1.29, 1.82) is 0 Å². The predicted octanol–water partition coefficient (Wildman–Crippen LogP) is -6.00. The van der Waals surface area contributed by atoms with E-state index in [1.165, 1.54) is 0 Å². The first-order valence-electron chi connectivity index (χ1n) is 6.02. The molecule has 0 saturated carbocycles. The molecule has 154 valence electrons. The zero-order valence-corrected chi connectivity index (χ0v) is 18.5. The van der Waals surface area contributed by atoms with Crippen LogP contribution in [0.15, 0.2) is 0 Å². The number of hydrogen-bond donors (Lipinski definition) is 8. The Hall–Kier alpha value is -2.30. The predicted molar refractivity (Wildman–Crippen MR) is 84.4 cm³/mol. The molecule has 0 bridgehead atoms. The van der Waals surface area contributed by atoms with Crippen LogP contribution >= 0.6 is 15.6 Å². The van der Waals surface area contributed by atoms with Crippen molar-refractivity contribution >= 4 is 51.3 Å². The van der Waals surface area contributed by atoms with Gasteiger partial charge in [-0.25, -0.2) is 14.3 Å². The Morgan fingerprint density at radius 2 is 0.929 bits per heavy atom. The van der Waals surface area contributed by atoms with Crippen LogP contribution in [0.4, 0.5) is 35.7 Å². The van der Waals surface area contributed by atoms with Gasteiger partial charge in [0.25, 0.3) is 15.6 Å². The third-order valence-electron chi connectivity index (χ3n) is 1.66. The van der Waals surface area contributed by atoms with Crippen LogP contribution in [-0.4, -0.2) is 29.7 Å². The molecule has 0 aliphatic heterocycles. The Bertz CT molecular complexity index is 690. The van der Waals surface area contributed by atoms with E-state index in [0.717, 1.165) is 0 Å². The van der Waals surface area contributed by atoms with Crippen molar-refractivity contribution in [3.05, 3.63) is 0 Å². The van der Waals surface area contributed by atoms with Gasteiger partial charge in [-0.1, -0.05) is 19.9 Å². The Morgan fingerprint density at radius 1 is 0.714 bits per heavy atom. The van der Waals surface area contributed by atoms with Crippen molar-refractivity contribution in [2.24, 2.45) is 0 Å². The molecule has 22 heteroatoms. The van der Waals surface area contributed by atoms with Gasteiger partial charge in [0.15, 0.2) is 0 Å². The van der Waals surface area contributed by atoms with Crippen LogP contribution in [0.3, 0.4) is 0 Å². The van der Waals surface area contributed by atoms with Crippen molar-refractivity contribution in [2.45, 2.75) is 0 Å². The molecule has 19 nitrogen and oxygen atoms in total. The molecule has 2 heterocycles. The zero-order chi connectivity index (χ0) is 21.4. The Labute approximate surface area is 168 Å². The summed E-state index contributed by atoms with van der Waals surface area (Å²) in [6, 6.07) is 0. The average molecular weight is 496 g/mol. The number of hydrogen-bond acceptors (Lipinski definition) is 15. The van der Waals surface area contributed by atoms with Crippen molar-refractivity contribution in [2.75, 3.05) is 34.4 Å². The summed E-state index contributed by atoms with van der Waals surface area (Å²) in [5, 5.41) is 0. The molecule has 2 rings (SSSR count). The van der Waals surface area contributed by atoms with Crippen molar-refractivity contribution in [3.8, 4) is 0 Å². The summed E-state index contributed by atoms with van der Waals surface area (Å²) in [6.07, 6.45) is 0. The number of rotatable bonds is 2. The number of nitrogens with zero attached hydrogens (tertiary/aromatic N) is 4. The van der Waals surface area contributed by atoms with Gasteiger partial charge in [0.2, 0.25) is 0 Å². The molecular formula is C6H16N12O7P2Zn. The minimum Gasteiger partial charge on any atom is -0.756 e. The third kappa shape index (κ3) is 15.9. The number of nitrogens with one attached hydrogen (secondary N) is 2. The normalized spacial score (nSPS) is 13.9. The summed E-state index contributed by atoms with van der Waals surface area (Å²) in [6.45, 7) is 0. The quantitative estimate of drug-likeness (QED) is 0.142. The first-order chi connectivity index (χ1) is 12.1. The molecule has 0 radical (unpaired) electrons. The Balaban J connectivity index is 0. The van der Waals surface area contributed by atoms with E-state index < -0.39 is 15.6 Å². The fraction of sp³-hybridized carbons (Fsp3) is 0. The minimum absolute atomic E-state index is 0. The second kappa shape index (κ2) is 11.5. The van der Waals surface area contributed by atoms with Gasteiger partial charge in [0.05, 0.1) is 0 Å². The molecule has 0 amide bonds. The van der Waals surface area contributed by atoms with E-state index in [1.807, 2.05) is 0 Å². The monoisotopic (exact) mass is 494 g/mol. The molecule has 2 aromatic rings. The van der Waals surface area contributed by atoms with Crippen LogP contribution in [0.1, 0.15) is 0 Å². The van der Waals surface area contributed by atoms with E-state index in [-0.39, 0.29) is 55.2 Å². The summed E-state index contributed by atoms with van der Waals surface area (Å²) in [5.41, 5.74) is 31.1. The van der Waals surface area contributed by atoms with Gasteiger partial charge in [-0.15, -0.1) is 0 Å². The molecular weight excluding hydrogens is 479 g/mol. The molecule has 28 heavy (non-hydrogen) atoms. The summed E-state index contributed by atoms with van der Waals surface area (Å²) in [5.74, 6) is 0.813. The number of aromatic amines is 2. The number of aromatic nitrogens is 6. The number of phosphoric acid groups is 2. The second-order valence-corrected chi connectivity index (χ2v) is 6.50. The molecule has 0 aliphatic rings. The van der Waals surface area contributed by atoms with Crippen LogP contribution in [-0.2, 0) is 32.9 Å². The molecule has 0 spiro atoms. The van der Waals surface area contributed by atoms with Gasteiger partial charge in [-0.2, -0.15) is 0 Å². The molecule has 2 atom stereocenters. The van der Waals surface area contributed by atoms with E-state index in [2.05, 4.69) is 34.2 Å². The van der Waals surface area contributed by atoms with Crippen molar-refractivity contribution < 1.29 is 62.5 Å². The van der Waals surface area contributed by atoms with E-state index in [4.69, 9.17) is 44.2 Å². The van der Waals surface area contributed by atoms with Crippen LogP contribution in [0.5, 0.6) is 0 Å². The van der Waals surface area contributed by atoms with Gasteiger partial charge in [0, 0.05) is 19.5 Å². The Morgan fingerprint density at radius 3 is 1.04 bits per heavy atom. The van der Waals surface area contributed by atoms with E-state index in [1.54, 1.807) is 0 Å². The third-order valence-corrected chi connectivity index (χ3v) is 3.31. The minimum atomic E-state index is -5.36. The standard InChI is InChI=1S/2C3H6N6.H4O7P2.Zn/c2*4-1-7-2(5)9-3(6)8-1;1-8(2,3)7-9(4,5)6;/h2*(H6,4,5,6,7,8,9);(H2,1,2,3)(H2,4,5,6);. The topological polar surface area (TPSA) is 366 Å². The Kier molecular flexibility index (Phi) is 11.5. The first-order valence-corrected chi connectivity index (χ1v) is 9.01. The van der Waals surface area contributed by atoms with E-state index >= 15 is 0 Å². The average Bonchev–Trinajstić information content (AvgIpc) is 2.31. The number of anilines is 6. The molecule has 0 fully saturated rings. The molecule has 2 unspecified atom stereocenters. The summed E-state index contributed by atoms with van der Waals surface area (Å²) in [4.78, 5) is 53.3. The molecule has 0 aromatic carbocycles. The van der Waals surface area contributed by atoms with Gasteiger partial charge < -0.3 is 54.0 Å². The molecule has 0 saturated heterocycles. The molecule has 0 aliphatic carbocycles. The number of nitrogen functional groups attached to an aromatic ring is 6. The largest absolute Gasteiger partial charge is 0.756 e. The SMILES string of the molecule is Nc1nc(N)[nH+]c(N)n1.Nc1nc(N)[nH+]c(N)n1.O=P([O-])(O)OP(=O)([O-])O.[Zn]. The first kappa shape index (κ1) is 27.9. The van der Waals surface area contributed by atoms with Crippen molar-refractivity contribution in [1.82, 2.24) is 19.9 Å². The van der Waals surface area contributed by atoms with Crippen LogP contribution in [0.2, 0.25) is 0 Å². The smallest absolute Gasteiger partial charge is 0.320 e. The van der Waals surface area contributed by atoms with Crippen LogP contribution < -0.4 is 54.2 Å². The fourth-order valence-corrected chi connectivity index (χ4v) is 2.09. The summed E-state index contributed by atoms with van der Waals surface area (Å²) >= 11 is 0. The fourth-order valence-electron chi connectivity index (χ4n) is 1.05. The number of nitrogens with two attached hydrogens (primary N) is 6.